The predicted molar refractivity (Wildman–Crippen MR) is 204 cm³/mol. The zero-order valence-corrected chi connectivity index (χ0v) is 32.9. The van der Waals surface area contributed by atoms with Gasteiger partial charge < -0.3 is 14.4 Å². The van der Waals surface area contributed by atoms with Crippen LogP contribution < -0.4 is 14.2 Å². The van der Waals surface area contributed by atoms with E-state index in [1.807, 2.05) is 35.7 Å². The third-order valence-electron chi connectivity index (χ3n) is 11.6. The number of Topliss-reactive ketones (excluding diaryl/α,β-unsaturated/α-hetero) is 1. The standard InChI is InChI=1S/C40H50N4O7S2/c1-6-27-34(50-5)15-14-28-35(19-31(41-36(27)28)37-42-32(22-52-37)23(2)3)51-25-17-29-30(18-25)38(46)44(4)16-10-8-7-9-11-24-20-40(24,21-33(29)45)39(47)43-53(48,49)26-12-13-26/h9,11,14-15,19,22-26,29-30H,6-8,10,12-13,16-18,20-21H2,1-5H3,(H,43,47)/b11-9-/t24-,25-,29-,30-,40-/m1/s1. The summed E-state index contributed by atoms with van der Waals surface area (Å²) in [4.78, 5) is 53.9. The lowest BCUT2D eigenvalue weighted by molar-refractivity contribution is -0.140. The molecule has 2 aromatic heterocycles. The maximum Gasteiger partial charge on any atom is 0.240 e. The highest BCUT2D eigenvalue weighted by Gasteiger charge is 2.61. The van der Waals surface area contributed by atoms with Crippen LogP contribution in [-0.2, 0) is 30.8 Å². The number of amides is 2. The fourth-order valence-electron chi connectivity index (χ4n) is 8.13. The molecule has 4 aliphatic rings. The average Bonchev–Trinajstić information content (AvgIpc) is 4.01. The third kappa shape index (κ3) is 7.48. The van der Waals surface area contributed by atoms with Gasteiger partial charge in [0.15, 0.2) is 0 Å². The number of ketones is 1. The second-order valence-electron chi connectivity index (χ2n) is 15.6. The van der Waals surface area contributed by atoms with E-state index in [9.17, 15) is 22.8 Å². The molecule has 0 unspecified atom stereocenters. The normalized spacial score (nSPS) is 27.2. The number of ether oxygens (including phenoxy) is 2. The monoisotopic (exact) mass is 762 g/mol. The van der Waals surface area contributed by atoms with Gasteiger partial charge in [-0.1, -0.05) is 32.9 Å². The van der Waals surface area contributed by atoms with E-state index in [1.165, 1.54) is 11.3 Å². The highest BCUT2D eigenvalue weighted by molar-refractivity contribution is 7.90. The van der Waals surface area contributed by atoms with Crippen LogP contribution in [0.2, 0.25) is 0 Å². The molecule has 3 saturated carbocycles. The SMILES string of the molecule is CCc1c(OC)ccc2c(O[C@@H]3C[C@H]4C(=O)C[C@]5(C(=O)NS(=O)(=O)C6CC6)C[C@H]5/C=C\CCCCN(C)C(=O)[C@@H]4C3)cc(-c3nc(C(C)C)cs3)nc12. The van der Waals surface area contributed by atoms with E-state index >= 15 is 0 Å². The van der Waals surface area contributed by atoms with Crippen molar-refractivity contribution < 1.29 is 32.3 Å². The number of aromatic nitrogens is 2. The van der Waals surface area contributed by atoms with Crippen LogP contribution in [0.3, 0.4) is 0 Å². The van der Waals surface area contributed by atoms with Gasteiger partial charge in [0.2, 0.25) is 21.8 Å². The number of sulfonamides is 1. The van der Waals surface area contributed by atoms with Gasteiger partial charge in [0.1, 0.15) is 34.1 Å². The van der Waals surface area contributed by atoms with Crippen LogP contribution in [-0.4, -0.2) is 72.9 Å². The van der Waals surface area contributed by atoms with Crippen molar-refractivity contribution in [2.75, 3.05) is 20.7 Å². The van der Waals surface area contributed by atoms with Crippen LogP contribution in [0.4, 0.5) is 0 Å². The molecule has 284 valence electrons. The van der Waals surface area contributed by atoms with Crippen LogP contribution in [0, 0.1) is 23.2 Å². The Labute approximate surface area is 316 Å². The number of fused-ring (bicyclic) bond motifs is 3. The molecule has 0 spiro atoms. The summed E-state index contributed by atoms with van der Waals surface area (Å²) in [5.41, 5.74) is 2.22. The molecule has 1 aromatic carbocycles. The molecule has 3 fully saturated rings. The third-order valence-corrected chi connectivity index (χ3v) is 14.3. The van der Waals surface area contributed by atoms with Crippen LogP contribution >= 0.6 is 11.3 Å². The van der Waals surface area contributed by atoms with Crippen molar-refractivity contribution >= 4 is 49.9 Å². The summed E-state index contributed by atoms with van der Waals surface area (Å²) in [6, 6.07) is 5.76. The van der Waals surface area contributed by atoms with E-state index in [4.69, 9.17) is 19.4 Å². The molecule has 7 rings (SSSR count). The number of carbonyl (C=O) groups excluding carboxylic acids is 3. The molecular weight excluding hydrogens is 713 g/mol. The first kappa shape index (κ1) is 37.5. The molecule has 2 amide bonds. The lowest BCUT2D eigenvalue weighted by Crippen LogP contribution is -2.42. The van der Waals surface area contributed by atoms with E-state index in [-0.39, 0.29) is 29.9 Å². The van der Waals surface area contributed by atoms with Gasteiger partial charge in [-0.3, -0.25) is 19.1 Å². The molecule has 5 atom stereocenters. The molecule has 1 N–H and O–H groups in total. The van der Waals surface area contributed by atoms with Crippen molar-refractivity contribution in [2.24, 2.45) is 23.2 Å². The van der Waals surface area contributed by atoms with Crippen molar-refractivity contribution in [1.29, 1.82) is 0 Å². The summed E-state index contributed by atoms with van der Waals surface area (Å²) in [6.45, 7) is 6.84. The number of nitrogens with zero attached hydrogens (tertiary/aromatic N) is 3. The average molecular weight is 763 g/mol. The van der Waals surface area contributed by atoms with Crippen LogP contribution in [0.1, 0.15) is 95.7 Å². The highest BCUT2D eigenvalue weighted by Crippen LogP contribution is 2.58. The number of hydrogen-bond acceptors (Lipinski definition) is 10. The molecule has 13 heteroatoms. The van der Waals surface area contributed by atoms with Gasteiger partial charge >= 0.3 is 0 Å². The van der Waals surface area contributed by atoms with E-state index in [2.05, 4.69) is 25.5 Å². The molecule has 11 nitrogen and oxygen atoms in total. The van der Waals surface area contributed by atoms with Crippen molar-refractivity contribution in [1.82, 2.24) is 19.6 Å². The first-order valence-corrected chi connectivity index (χ1v) is 21.4. The molecule has 3 aromatic rings. The fourth-order valence-corrected chi connectivity index (χ4v) is 10.5. The van der Waals surface area contributed by atoms with Crippen molar-refractivity contribution in [3.8, 4) is 22.2 Å². The van der Waals surface area contributed by atoms with Gasteiger partial charge in [0, 0.05) is 48.3 Å². The number of thiazole rings is 1. The second kappa shape index (κ2) is 14.8. The van der Waals surface area contributed by atoms with E-state index in [0.717, 1.165) is 52.2 Å². The summed E-state index contributed by atoms with van der Waals surface area (Å²) in [5.74, 6) is -0.860. The molecule has 1 aliphatic heterocycles. The van der Waals surface area contributed by atoms with Gasteiger partial charge in [0.25, 0.3) is 0 Å². The Morgan fingerprint density at radius 3 is 2.58 bits per heavy atom. The van der Waals surface area contributed by atoms with Crippen molar-refractivity contribution in [2.45, 2.75) is 102 Å². The molecule has 3 heterocycles. The minimum Gasteiger partial charge on any atom is -0.496 e. The molecule has 53 heavy (non-hydrogen) atoms. The minimum atomic E-state index is -3.79. The lowest BCUT2D eigenvalue weighted by Gasteiger charge is -2.26. The first-order chi connectivity index (χ1) is 25.3. The number of rotatable bonds is 9. The van der Waals surface area contributed by atoms with E-state index in [0.29, 0.717) is 56.5 Å². The van der Waals surface area contributed by atoms with E-state index < -0.39 is 44.5 Å². The minimum absolute atomic E-state index is 0.105. The quantitative estimate of drug-likeness (QED) is 0.239. The largest absolute Gasteiger partial charge is 0.496 e. The number of nitrogens with one attached hydrogen (secondary N) is 1. The lowest BCUT2D eigenvalue weighted by atomic mass is 9.84. The Morgan fingerprint density at radius 2 is 1.89 bits per heavy atom. The summed E-state index contributed by atoms with van der Waals surface area (Å²) in [6.07, 6.45) is 8.64. The Morgan fingerprint density at radius 1 is 1.11 bits per heavy atom. The Bertz CT molecular complexity index is 2060. The number of methoxy groups -OCH3 is 1. The number of carbonyl (C=O) groups is 3. The molecule has 3 aliphatic carbocycles. The highest BCUT2D eigenvalue weighted by atomic mass is 32.2. The Hall–Kier alpha value is -3.84. The number of benzene rings is 1. The van der Waals surface area contributed by atoms with E-state index in [1.54, 1.807) is 19.1 Å². The number of aryl methyl sites for hydroxylation is 1. The topological polar surface area (TPSA) is 145 Å². The van der Waals surface area contributed by atoms with Gasteiger partial charge in [-0.25, -0.2) is 18.4 Å². The Balaban J connectivity index is 1.22. The summed E-state index contributed by atoms with van der Waals surface area (Å²) in [5, 5.41) is 3.08. The predicted octanol–water partition coefficient (Wildman–Crippen LogP) is 6.60. The van der Waals surface area contributed by atoms with Crippen molar-refractivity contribution in [3.63, 3.8) is 0 Å². The van der Waals surface area contributed by atoms with Gasteiger partial charge in [0.05, 0.1) is 34.9 Å². The second-order valence-corrected chi connectivity index (χ2v) is 18.4. The zero-order chi connectivity index (χ0) is 37.7. The number of pyridine rings is 1. The Kier molecular flexibility index (Phi) is 10.4. The maximum absolute atomic E-state index is 14.4. The van der Waals surface area contributed by atoms with Crippen LogP contribution in [0.15, 0.2) is 35.7 Å². The fraction of sp³-hybridized carbons (Fsp3) is 0.575. The number of allylic oxidation sites excluding steroid dienone is 2. The first-order valence-electron chi connectivity index (χ1n) is 19.0. The molecule has 0 bridgehead atoms. The molecular formula is C40H50N4O7S2. The summed E-state index contributed by atoms with van der Waals surface area (Å²) >= 11 is 1.53. The molecule has 0 saturated heterocycles. The number of hydrogen-bond donors (Lipinski definition) is 1. The maximum atomic E-state index is 14.4. The van der Waals surface area contributed by atoms with Gasteiger partial charge in [-0.15, -0.1) is 11.3 Å². The van der Waals surface area contributed by atoms with Crippen LogP contribution in [0.25, 0.3) is 21.6 Å². The molecule has 0 radical (unpaired) electrons. The van der Waals surface area contributed by atoms with Gasteiger partial charge in [-0.2, -0.15) is 0 Å². The zero-order valence-electron chi connectivity index (χ0n) is 31.2. The van der Waals surface area contributed by atoms with Gasteiger partial charge in [-0.05, 0) is 81.8 Å². The van der Waals surface area contributed by atoms with Crippen LogP contribution in [0.5, 0.6) is 11.5 Å². The van der Waals surface area contributed by atoms with Crippen molar-refractivity contribution in [3.05, 3.63) is 47.0 Å². The summed E-state index contributed by atoms with van der Waals surface area (Å²) < 4.78 is 40.5. The smallest absolute Gasteiger partial charge is 0.240 e. The summed E-state index contributed by atoms with van der Waals surface area (Å²) in [7, 11) is -0.357.